The lowest BCUT2D eigenvalue weighted by atomic mass is 9.99. The van der Waals surface area contributed by atoms with Gasteiger partial charge in [0.25, 0.3) is 0 Å². The maximum atomic E-state index is 12.9. The molecule has 3 aromatic rings. The average Bonchev–Trinajstić information content (AvgIpc) is 2.99. The van der Waals surface area contributed by atoms with E-state index in [1.54, 1.807) is 28.6 Å². The van der Waals surface area contributed by atoms with E-state index in [1.807, 2.05) is 6.07 Å². The van der Waals surface area contributed by atoms with Crippen LogP contribution in [0.2, 0.25) is 0 Å². The summed E-state index contributed by atoms with van der Waals surface area (Å²) in [5.41, 5.74) is 4.64. The first-order chi connectivity index (χ1) is 12.0. The maximum absolute atomic E-state index is 12.9. The molecule has 0 aliphatic carbocycles. The molecule has 130 valence electrons. The summed E-state index contributed by atoms with van der Waals surface area (Å²) in [7, 11) is -3.46. The summed E-state index contributed by atoms with van der Waals surface area (Å²) in [5, 5.41) is 1.15. The van der Waals surface area contributed by atoms with Crippen LogP contribution in [0.3, 0.4) is 0 Å². The number of nitrogens with zero attached hydrogens (tertiary/aromatic N) is 1. The van der Waals surface area contributed by atoms with E-state index in [0.717, 1.165) is 22.2 Å². The molecule has 0 unspecified atom stereocenters. The minimum absolute atomic E-state index is 0.362. The molecule has 0 amide bonds. The van der Waals surface area contributed by atoms with Gasteiger partial charge in [0.2, 0.25) is 10.0 Å². The molecule has 1 aromatic heterocycles. The Kier molecular flexibility index (Phi) is 3.93. The van der Waals surface area contributed by atoms with Crippen LogP contribution in [-0.4, -0.2) is 24.3 Å². The predicted molar refractivity (Wildman–Crippen MR) is 100 cm³/mol. The second-order valence-electron chi connectivity index (χ2n) is 6.94. The first-order valence-electron chi connectivity index (χ1n) is 8.65. The van der Waals surface area contributed by atoms with E-state index >= 15 is 0 Å². The molecule has 0 saturated carbocycles. The van der Waals surface area contributed by atoms with Crippen LogP contribution in [0.25, 0.3) is 10.9 Å². The molecule has 0 radical (unpaired) electrons. The summed E-state index contributed by atoms with van der Waals surface area (Å²) in [6.07, 6.45) is 0.715. The molecule has 25 heavy (non-hydrogen) atoms. The van der Waals surface area contributed by atoms with Crippen LogP contribution in [0.1, 0.15) is 36.6 Å². The molecule has 1 N–H and O–H groups in total. The van der Waals surface area contributed by atoms with Crippen molar-refractivity contribution >= 4 is 20.9 Å². The molecule has 0 bridgehead atoms. The smallest absolute Gasteiger partial charge is 0.243 e. The first-order valence-corrected chi connectivity index (χ1v) is 10.1. The third-order valence-corrected chi connectivity index (χ3v) is 6.87. The largest absolute Gasteiger partial charge is 0.358 e. The Hall–Kier alpha value is -2.11. The number of fused-ring (bicyclic) bond motifs is 3. The van der Waals surface area contributed by atoms with Crippen molar-refractivity contribution in [2.24, 2.45) is 0 Å². The van der Waals surface area contributed by atoms with Crippen molar-refractivity contribution in [3.63, 3.8) is 0 Å². The number of nitrogens with one attached hydrogen (secondary N) is 1. The van der Waals surface area contributed by atoms with Crippen LogP contribution in [0.15, 0.2) is 53.4 Å². The van der Waals surface area contributed by atoms with Crippen molar-refractivity contribution in [2.75, 3.05) is 6.54 Å². The first kappa shape index (κ1) is 16.4. The molecule has 0 saturated heterocycles. The van der Waals surface area contributed by atoms with Crippen LogP contribution in [0.5, 0.6) is 0 Å². The number of aromatic nitrogens is 1. The Balaban J connectivity index is 1.75. The van der Waals surface area contributed by atoms with Crippen LogP contribution >= 0.6 is 0 Å². The zero-order valence-electron chi connectivity index (χ0n) is 14.5. The standard InChI is InChI=1S/C20H22N2O2S/c1-14(2)15-8-9-19-17(12-15)18-13-22(11-10-20(18)21-19)25(23,24)16-6-4-3-5-7-16/h3-9,12,14,21H,10-11,13H2,1-2H3. The Bertz CT molecular complexity index is 1020. The molecule has 4 rings (SSSR count). The third kappa shape index (κ3) is 2.77. The van der Waals surface area contributed by atoms with Crippen LogP contribution < -0.4 is 0 Å². The zero-order valence-corrected chi connectivity index (χ0v) is 15.3. The number of hydrogen-bond acceptors (Lipinski definition) is 2. The molecule has 0 spiro atoms. The SMILES string of the molecule is CC(C)c1ccc2[nH]c3c(c2c1)CN(S(=O)(=O)c1ccccc1)CC3. The molecule has 0 fully saturated rings. The van der Waals surface area contributed by atoms with E-state index < -0.39 is 10.0 Å². The highest BCUT2D eigenvalue weighted by molar-refractivity contribution is 7.89. The quantitative estimate of drug-likeness (QED) is 0.772. The minimum atomic E-state index is -3.46. The third-order valence-electron chi connectivity index (χ3n) is 5.01. The Morgan fingerprint density at radius 3 is 2.56 bits per heavy atom. The minimum Gasteiger partial charge on any atom is -0.358 e. The van der Waals surface area contributed by atoms with Gasteiger partial charge in [0, 0.05) is 36.1 Å². The number of benzene rings is 2. The van der Waals surface area contributed by atoms with Crippen LogP contribution in [-0.2, 0) is 23.0 Å². The van der Waals surface area contributed by atoms with Gasteiger partial charge < -0.3 is 4.98 Å². The number of hydrogen-bond donors (Lipinski definition) is 1. The number of sulfonamides is 1. The van der Waals surface area contributed by atoms with Crippen LogP contribution in [0, 0.1) is 0 Å². The van der Waals surface area contributed by atoms with Gasteiger partial charge in [0.15, 0.2) is 0 Å². The van der Waals surface area contributed by atoms with Gasteiger partial charge in [-0.05, 0) is 41.3 Å². The lowest BCUT2D eigenvalue weighted by molar-refractivity contribution is 0.391. The molecule has 1 aliphatic heterocycles. The second-order valence-corrected chi connectivity index (χ2v) is 8.88. The summed E-state index contributed by atoms with van der Waals surface area (Å²) in [4.78, 5) is 3.83. The van der Waals surface area contributed by atoms with Gasteiger partial charge in [0.05, 0.1) is 4.90 Å². The van der Waals surface area contributed by atoms with E-state index in [0.29, 0.717) is 30.3 Å². The fourth-order valence-electron chi connectivity index (χ4n) is 3.51. The topological polar surface area (TPSA) is 53.2 Å². The summed E-state index contributed by atoms with van der Waals surface area (Å²) < 4.78 is 27.5. The van der Waals surface area contributed by atoms with E-state index in [-0.39, 0.29) is 0 Å². The number of aromatic amines is 1. The van der Waals surface area contributed by atoms with Gasteiger partial charge >= 0.3 is 0 Å². The lowest BCUT2D eigenvalue weighted by Crippen LogP contribution is -2.35. The molecule has 0 atom stereocenters. The average molecular weight is 354 g/mol. The van der Waals surface area contributed by atoms with Crippen molar-refractivity contribution < 1.29 is 8.42 Å². The second kappa shape index (κ2) is 6.00. The van der Waals surface area contributed by atoms with E-state index in [2.05, 4.69) is 37.0 Å². The predicted octanol–water partition coefficient (Wildman–Crippen LogP) is 4.04. The molecular formula is C20H22N2O2S. The van der Waals surface area contributed by atoms with Crippen molar-refractivity contribution in [3.05, 3.63) is 65.4 Å². The zero-order chi connectivity index (χ0) is 17.6. The number of H-pyrrole nitrogens is 1. The van der Waals surface area contributed by atoms with Gasteiger partial charge in [0.1, 0.15) is 0 Å². The molecule has 4 nitrogen and oxygen atoms in total. The molecule has 2 heterocycles. The monoisotopic (exact) mass is 354 g/mol. The summed E-state index contributed by atoms with van der Waals surface area (Å²) >= 11 is 0. The summed E-state index contributed by atoms with van der Waals surface area (Å²) in [6.45, 7) is 5.28. The van der Waals surface area contributed by atoms with Gasteiger partial charge in [-0.1, -0.05) is 38.1 Å². The van der Waals surface area contributed by atoms with Gasteiger partial charge in [-0.15, -0.1) is 0 Å². The van der Waals surface area contributed by atoms with Crippen molar-refractivity contribution in [1.82, 2.24) is 9.29 Å². The Labute approximate surface area is 148 Å². The Morgan fingerprint density at radius 1 is 1.08 bits per heavy atom. The molecule has 2 aromatic carbocycles. The van der Waals surface area contributed by atoms with Gasteiger partial charge in [-0.25, -0.2) is 8.42 Å². The lowest BCUT2D eigenvalue weighted by Gasteiger charge is -2.26. The van der Waals surface area contributed by atoms with E-state index in [9.17, 15) is 8.42 Å². The highest BCUT2D eigenvalue weighted by Gasteiger charge is 2.30. The van der Waals surface area contributed by atoms with Crippen molar-refractivity contribution in [3.8, 4) is 0 Å². The fraction of sp³-hybridized carbons (Fsp3) is 0.300. The van der Waals surface area contributed by atoms with Crippen molar-refractivity contribution in [1.29, 1.82) is 0 Å². The molecular weight excluding hydrogens is 332 g/mol. The van der Waals surface area contributed by atoms with E-state index in [4.69, 9.17) is 0 Å². The summed E-state index contributed by atoms with van der Waals surface area (Å²) in [5.74, 6) is 0.447. The number of rotatable bonds is 3. The normalized spacial score (nSPS) is 15.6. The fourth-order valence-corrected chi connectivity index (χ4v) is 4.94. The van der Waals surface area contributed by atoms with Gasteiger partial charge in [-0.2, -0.15) is 4.31 Å². The van der Waals surface area contributed by atoms with Gasteiger partial charge in [-0.3, -0.25) is 0 Å². The Morgan fingerprint density at radius 2 is 1.84 bits per heavy atom. The molecule has 5 heteroatoms. The maximum Gasteiger partial charge on any atom is 0.243 e. The van der Waals surface area contributed by atoms with Crippen LogP contribution in [0.4, 0.5) is 0 Å². The highest BCUT2D eigenvalue weighted by atomic mass is 32.2. The molecule has 1 aliphatic rings. The highest BCUT2D eigenvalue weighted by Crippen LogP contribution is 2.32. The van der Waals surface area contributed by atoms with Crippen molar-refractivity contribution in [2.45, 2.75) is 37.6 Å². The van der Waals surface area contributed by atoms with E-state index in [1.165, 1.54) is 5.56 Å². The summed E-state index contributed by atoms with van der Waals surface area (Å²) in [6, 6.07) is 15.2.